The standard InChI is InChI=1S/C25H26N4O2S/c1-18-5-3-4-6-21(18)17-32-25-28-22-11-12-26-15-23(22)29(25)16-19-7-9-20(10-8-19)24(30)27-13-14-31-2/h3-12,15H,13-14,16-17H2,1-2H3,(H,27,30). The van der Waals surface area contributed by atoms with Gasteiger partial charge in [0.1, 0.15) is 0 Å². The molecule has 1 N–H and O–H groups in total. The van der Waals surface area contributed by atoms with E-state index in [2.05, 4.69) is 46.1 Å². The topological polar surface area (TPSA) is 69.0 Å². The molecular formula is C25H26N4O2S. The van der Waals surface area contributed by atoms with Gasteiger partial charge in [-0.25, -0.2) is 4.98 Å². The van der Waals surface area contributed by atoms with Crippen LogP contribution in [0.3, 0.4) is 0 Å². The van der Waals surface area contributed by atoms with Crippen molar-refractivity contribution < 1.29 is 9.53 Å². The molecule has 0 radical (unpaired) electrons. The van der Waals surface area contributed by atoms with Gasteiger partial charge in [-0.3, -0.25) is 9.78 Å². The molecule has 0 unspecified atom stereocenters. The monoisotopic (exact) mass is 446 g/mol. The molecule has 4 rings (SSSR count). The van der Waals surface area contributed by atoms with E-state index in [9.17, 15) is 4.79 Å². The summed E-state index contributed by atoms with van der Waals surface area (Å²) in [5, 5.41) is 3.80. The second kappa shape index (κ2) is 10.4. The van der Waals surface area contributed by atoms with Crippen LogP contribution in [0.1, 0.15) is 27.0 Å². The molecular weight excluding hydrogens is 420 g/mol. The number of fused-ring (bicyclic) bond motifs is 1. The van der Waals surface area contributed by atoms with Crippen molar-refractivity contribution in [3.63, 3.8) is 0 Å². The van der Waals surface area contributed by atoms with Crippen molar-refractivity contribution in [2.75, 3.05) is 20.3 Å². The average Bonchev–Trinajstić information content (AvgIpc) is 3.16. The van der Waals surface area contributed by atoms with Crippen LogP contribution in [0.15, 0.2) is 72.1 Å². The van der Waals surface area contributed by atoms with Crippen LogP contribution in [0, 0.1) is 6.92 Å². The van der Waals surface area contributed by atoms with Gasteiger partial charge in [0, 0.05) is 31.2 Å². The van der Waals surface area contributed by atoms with Gasteiger partial charge in [-0.1, -0.05) is 48.2 Å². The van der Waals surface area contributed by atoms with Crippen molar-refractivity contribution in [3.8, 4) is 0 Å². The predicted molar refractivity (Wildman–Crippen MR) is 128 cm³/mol. The molecule has 0 atom stereocenters. The quantitative estimate of drug-likeness (QED) is 0.304. The summed E-state index contributed by atoms with van der Waals surface area (Å²) < 4.78 is 7.17. The Balaban J connectivity index is 1.54. The Labute approximate surface area is 192 Å². The fourth-order valence-corrected chi connectivity index (χ4v) is 4.53. The van der Waals surface area contributed by atoms with Gasteiger partial charge in [0.05, 0.1) is 30.4 Å². The van der Waals surface area contributed by atoms with Crippen molar-refractivity contribution in [1.29, 1.82) is 0 Å². The molecule has 7 heteroatoms. The number of hydrogen-bond donors (Lipinski definition) is 1. The van der Waals surface area contributed by atoms with Gasteiger partial charge >= 0.3 is 0 Å². The number of aryl methyl sites for hydroxylation is 1. The first-order valence-electron chi connectivity index (χ1n) is 10.5. The Morgan fingerprint density at radius 3 is 2.72 bits per heavy atom. The first-order chi connectivity index (χ1) is 15.7. The van der Waals surface area contributed by atoms with Crippen molar-refractivity contribution >= 4 is 28.7 Å². The summed E-state index contributed by atoms with van der Waals surface area (Å²) in [7, 11) is 1.61. The number of thioether (sulfide) groups is 1. The summed E-state index contributed by atoms with van der Waals surface area (Å²) in [5.41, 5.74) is 6.25. The molecule has 32 heavy (non-hydrogen) atoms. The molecule has 0 bridgehead atoms. The fourth-order valence-electron chi connectivity index (χ4n) is 3.44. The van der Waals surface area contributed by atoms with Crippen LogP contribution in [0.25, 0.3) is 11.0 Å². The second-order valence-corrected chi connectivity index (χ2v) is 8.45. The predicted octanol–water partition coefficient (Wildman–Crippen LogP) is 4.46. The van der Waals surface area contributed by atoms with Gasteiger partial charge in [-0.15, -0.1) is 0 Å². The minimum absolute atomic E-state index is 0.0969. The Hall–Kier alpha value is -3.16. The first kappa shape index (κ1) is 22.0. The Morgan fingerprint density at radius 2 is 1.94 bits per heavy atom. The van der Waals surface area contributed by atoms with E-state index in [-0.39, 0.29) is 5.91 Å². The molecule has 4 aromatic rings. The molecule has 0 spiro atoms. The van der Waals surface area contributed by atoms with Crippen molar-refractivity contribution in [2.45, 2.75) is 24.4 Å². The summed E-state index contributed by atoms with van der Waals surface area (Å²) in [6, 6.07) is 18.1. The maximum Gasteiger partial charge on any atom is 0.251 e. The van der Waals surface area contributed by atoms with Gasteiger partial charge < -0.3 is 14.6 Å². The lowest BCUT2D eigenvalue weighted by atomic mass is 10.1. The van der Waals surface area contributed by atoms with Crippen LogP contribution in [0.5, 0.6) is 0 Å². The highest BCUT2D eigenvalue weighted by Crippen LogP contribution is 2.28. The number of imidazole rings is 1. The molecule has 0 aliphatic rings. The van der Waals surface area contributed by atoms with Crippen LogP contribution < -0.4 is 5.32 Å². The first-order valence-corrected chi connectivity index (χ1v) is 11.5. The number of aromatic nitrogens is 3. The number of methoxy groups -OCH3 is 1. The number of nitrogens with zero attached hydrogens (tertiary/aromatic N) is 3. The molecule has 0 saturated heterocycles. The lowest BCUT2D eigenvalue weighted by Crippen LogP contribution is -2.26. The third kappa shape index (κ3) is 5.18. The zero-order valence-electron chi connectivity index (χ0n) is 18.2. The Bertz CT molecular complexity index is 1200. The van der Waals surface area contributed by atoms with Crippen LogP contribution in [-0.4, -0.2) is 40.7 Å². The molecule has 2 aromatic carbocycles. The maximum absolute atomic E-state index is 12.2. The van der Waals surface area contributed by atoms with E-state index in [1.807, 2.05) is 36.5 Å². The molecule has 2 aromatic heterocycles. The highest BCUT2D eigenvalue weighted by Gasteiger charge is 2.13. The number of ether oxygens (including phenoxy) is 1. The zero-order valence-corrected chi connectivity index (χ0v) is 19.1. The van der Waals surface area contributed by atoms with Gasteiger partial charge in [0.25, 0.3) is 5.91 Å². The largest absolute Gasteiger partial charge is 0.383 e. The highest BCUT2D eigenvalue weighted by molar-refractivity contribution is 7.98. The molecule has 6 nitrogen and oxygen atoms in total. The number of amides is 1. The number of carbonyl (C=O) groups is 1. The van der Waals surface area contributed by atoms with E-state index in [4.69, 9.17) is 9.72 Å². The van der Waals surface area contributed by atoms with Gasteiger partial charge in [-0.2, -0.15) is 0 Å². The van der Waals surface area contributed by atoms with E-state index in [0.29, 0.717) is 25.3 Å². The Kier molecular flexibility index (Phi) is 7.19. The summed E-state index contributed by atoms with van der Waals surface area (Å²) in [6.07, 6.45) is 3.63. The molecule has 2 heterocycles. The van der Waals surface area contributed by atoms with Crippen LogP contribution in [0.4, 0.5) is 0 Å². The lowest BCUT2D eigenvalue weighted by molar-refractivity contribution is 0.0937. The molecule has 164 valence electrons. The van der Waals surface area contributed by atoms with Crippen molar-refractivity contribution in [1.82, 2.24) is 19.9 Å². The van der Waals surface area contributed by atoms with Crippen molar-refractivity contribution in [3.05, 3.63) is 89.2 Å². The van der Waals surface area contributed by atoms with E-state index in [1.54, 1.807) is 25.1 Å². The number of pyridine rings is 1. The van der Waals surface area contributed by atoms with Crippen LogP contribution in [-0.2, 0) is 17.0 Å². The number of rotatable bonds is 9. The SMILES string of the molecule is COCCNC(=O)c1ccc(Cn2c(SCc3ccccc3C)nc3ccncc32)cc1. The third-order valence-electron chi connectivity index (χ3n) is 5.28. The number of hydrogen-bond acceptors (Lipinski definition) is 5. The molecule has 0 aliphatic heterocycles. The normalized spacial score (nSPS) is 11.1. The number of nitrogens with one attached hydrogen (secondary N) is 1. The van der Waals surface area contributed by atoms with E-state index in [1.165, 1.54) is 11.1 Å². The lowest BCUT2D eigenvalue weighted by Gasteiger charge is -2.11. The van der Waals surface area contributed by atoms with Crippen molar-refractivity contribution in [2.24, 2.45) is 0 Å². The maximum atomic E-state index is 12.2. The molecule has 1 amide bonds. The van der Waals surface area contributed by atoms with E-state index in [0.717, 1.165) is 27.5 Å². The summed E-state index contributed by atoms with van der Waals surface area (Å²) in [6.45, 7) is 3.78. The molecule has 0 aliphatic carbocycles. The number of benzene rings is 2. The molecule has 0 fully saturated rings. The van der Waals surface area contributed by atoms with E-state index < -0.39 is 0 Å². The summed E-state index contributed by atoms with van der Waals surface area (Å²) in [4.78, 5) is 21.4. The van der Waals surface area contributed by atoms with Crippen LogP contribution in [0.2, 0.25) is 0 Å². The Morgan fingerprint density at radius 1 is 1.12 bits per heavy atom. The van der Waals surface area contributed by atoms with Gasteiger partial charge in [0.15, 0.2) is 5.16 Å². The highest BCUT2D eigenvalue weighted by atomic mass is 32.2. The van der Waals surface area contributed by atoms with Crippen LogP contribution >= 0.6 is 11.8 Å². The average molecular weight is 447 g/mol. The zero-order chi connectivity index (χ0) is 22.3. The minimum Gasteiger partial charge on any atom is -0.383 e. The van der Waals surface area contributed by atoms with E-state index >= 15 is 0 Å². The minimum atomic E-state index is -0.0969. The fraction of sp³-hybridized carbons (Fsp3) is 0.240. The smallest absolute Gasteiger partial charge is 0.251 e. The second-order valence-electron chi connectivity index (χ2n) is 7.51. The van der Waals surface area contributed by atoms with Gasteiger partial charge in [0.2, 0.25) is 0 Å². The third-order valence-corrected chi connectivity index (χ3v) is 6.31. The molecule has 0 saturated carbocycles. The summed E-state index contributed by atoms with van der Waals surface area (Å²) >= 11 is 1.73. The van der Waals surface area contributed by atoms with Gasteiger partial charge in [-0.05, 0) is 41.8 Å². The summed E-state index contributed by atoms with van der Waals surface area (Å²) in [5.74, 6) is 0.754. The number of carbonyl (C=O) groups excluding carboxylic acids is 1.